The highest BCUT2D eigenvalue weighted by Gasteiger charge is 2.10. The summed E-state index contributed by atoms with van der Waals surface area (Å²) < 4.78 is 5.09. The molecule has 0 fully saturated rings. The van der Waals surface area contributed by atoms with Crippen LogP contribution in [0.3, 0.4) is 0 Å². The van der Waals surface area contributed by atoms with Crippen molar-refractivity contribution >= 4 is 23.2 Å². The second-order valence-corrected chi connectivity index (χ2v) is 5.37. The van der Waals surface area contributed by atoms with Crippen molar-refractivity contribution in [3.8, 4) is 5.75 Å². The number of amides is 2. The Labute approximate surface area is 141 Å². The number of nitrogens with one attached hydrogen (secondary N) is 2. The third-order valence-corrected chi connectivity index (χ3v) is 3.43. The summed E-state index contributed by atoms with van der Waals surface area (Å²) in [6.45, 7) is 1.79. The van der Waals surface area contributed by atoms with Gasteiger partial charge < -0.3 is 21.1 Å². The molecule has 6 heteroatoms. The number of carbonyl (C=O) groups is 2. The lowest BCUT2D eigenvalue weighted by Crippen LogP contribution is -2.23. The largest absolute Gasteiger partial charge is 0.497 e. The predicted molar refractivity (Wildman–Crippen MR) is 94.2 cm³/mol. The maximum absolute atomic E-state index is 12.2. The van der Waals surface area contributed by atoms with Crippen molar-refractivity contribution in [2.45, 2.75) is 13.3 Å². The molecule has 0 atom stereocenters. The average Bonchev–Trinajstić information content (AvgIpc) is 2.58. The lowest BCUT2D eigenvalue weighted by Gasteiger charge is -2.13. The minimum absolute atomic E-state index is 0.118. The molecule has 0 aliphatic heterocycles. The number of ether oxygens (including phenoxy) is 1. The Kier molecular flexibility index (Phi) is 5.92. The van der Waals surface area contributed by atoms with Crippen molar-refractivity contribution in [1.29, 1.82) is 0 Å². The van der Waals surface area contributed by atoms with E-state index in [1.54, 1.807) is 31.4 Å². The Balaban J connectivity index is 2.08. The molecule has 0 unspecified atom stereocenters. The summed E-state index contributed by atoms with van der Waals surface area (Å²) in [6, 6.07) is 12.7. The summed E-state index contributed by atoms with van der Waals surface area (Å²) in [6.07, 6.45) is 0.224. The summed E-state index contributed by atoms with van der Waals surface area (Å²) in [5.41, 5.74) is 8.24. The first-order valence-electron chi connectivity index (χ1n) is 7.55. The highest BCUT2D eigenvalue weighted by Crippen LogP contribution is 2.23. The van der Waals surface area contributed by atoms with E-state index >= 15 is 0 Å². The van der Waals surface area contributed by atoms with Crippen molar-refractivity contribution in [3.63, 3.8) is 0 Å². The van der Waals surface area contributed by atoms with Crippen LogP contribution in [0.4, 0.5) is 11.4 Å². The standard InChI is InChI=1S/C18H21N3O3/c1-12-3-8-15(16(9-12)21-18(23)11-19)20-17(22)10-13-4-6-14(24-2)7-5-13/h3-9H,10-11,19H2,1-2H3,(H,20,22)(H,21,23). The molecule has 2 rings (SSSR count). The number of nitrogens with two attached hydrogens (primary N) is 1. The van der Waals surface area contributed by atoms with Gasteiger partial charge in [0.2, 0.25) is 11.8 Å². The lowest BCUT2D eigenvalue weighted by molar-refractivity contribution is -0.116. The summed E-state index contributed by atoms with van der Waals surface area (Å²) in [5, 5.41) is 5.51. The molecule has 2 amide bonds. The normalized spacial score (nSPS) is 10.1. The van der Waals surface area contributed by atoms with E-state index in [1.807, 2.05) is 25.1 Å². The summed E-state index contributed by atoms with van der Waals surface area (Å²) in [5.74, 6) is 0.253. The Morgan fingerprint density at radius 2 is 1.67 bits per heavy atom. The third-order valence-electron chi connectivity index (χ3n) is 3.43. The van der Waals surface area contributed by atoms with Gasteiger partial charge in [0.25, 0.3) is 0 Å². The maximum atomic E-state index is 12.2. The number of aryl methyl sites for hydroxylation is 1. The first-order chi connectivity index (χ1) is 11.5. The topological polar surface area (TPSA) is 93.5 Å². The molecule has 4 N–H and O–H groups in total. The molecule has 0 aromatic heterocycles. The van der Waals surface area contributed by atoms with Crippen LogP contribution in [-0.2, 0) is 16.0 Å². The summed E-state index contributed by atoms with van der Waals surface area (Å²) in [4.78, 5) is 23.8. The van der Waals surface area contributed by atoms with E-state index in [0.29, 0.717) is 11.4 Å². The molecule has 2 aromatic carbocycles. The van der Waals surface area contributed by atoms with E-state index in [2.05, 4.69) is 10.6 Å². The molecule has 2 aromatic rings. The molecule has 6 nitrogen and oxygen atoms in total. The van der Waals surface area contributed by atoms with E-state index in [1.165, 1.54) is 0 Å². The van der Waals surface area contributed by atoms with Gasteiger partial charge in [-0.15, -0.1) is 0 Å². The van der Waals surface area contributed by atoms with Gasteiger partial charge in [-0.1, -0.05) is 18.2 Å². The quantitative estimate of drug-likeness (QED) is 0.757. The minimum Gasteiger partial charge on any atom is -0.497 e. The molecule has 24 heavy (non-hydrogen) atoms. The molecular formula is C18H21N3O3. The van der Waals surface area contributed by atoms with Crippen molar-refractivity contribution < 1.29 is 14.3 Å². The van der Waals surface area contributed by atoms with E-state index in [9.17, 15) is 9.59 Å². The molecule has 0 aliphatic rings. The Bertz CT molecular complexity index is 727. The molecule has 0 spiro atoms. The smallest absolute Gasteiger partial charge is 0.238 e. The number of hydrogen-bond acceptors (Lipinski definition) is 4. The van der Waals surface area contributed by atoms with Crippen LogP contribution < -0.4 is 21.1 Å². The van der Waals surface area contributed by atoms with Crippen LogP contribution in [0.15, 0.2) is 42.5 Å². The van der Waals surface area contributed by atoms with E-state index < -0.39 is 0 Å². The second kappa shape index (κ2) is 8.12. The fraction of sp³-hybridized carbons (Fsp3) is 0.222. The first-order valence-corrected chi connectivity index (χ1v) is 7.55. The Hall–Kier alpha value is -2.86. The average molecular weight is 327 g/mol. The van der Waals surface area contributed by atoms with Gasteiger partial charge in [0.05, 0.1) is 31.5 Å². The van der Waals surface area contributed by atoms with Crippen LogP contribution >= 0.6 is 0 Å². The van der Waals surface area contributed by atoms with Gasteiger partial charge in [-0.3, -0.25) is 9.59 Å². The molecule has 0 radical (unpaired) electrons. The van der Waals surface area contributed by atoms with Gasteiger partial charge in [0.15, 0.2) is 0 Å². The maximum Gasteiger partial charge on any atom is 0.238 e. The number of hydrogen-bond donors (Lipinski definition) is 3. The van der Waals surface area contributed by atoms with E-state index in [4.69, 9.17) is 10.5 Å². The van der Waals surface area contributed by atoms with Crippen LogP contribution in [0.25, 0.3) is 0 Å². The van der Waals surface area contributed by atoms with E-state index in [-0.39, 0.29) is 24.8 Å². The Morgan fingerprint density at radius 1 is 1.00 bits per heavy atom. The molecule has 0 aliphatic carbocycles. The van der Waals surface area contributed by atoms with Crippen LogP contribution in [0.1, 0.15) is 11.1 Å². The summed E-state index contributed by atoms with van der Waals surface area (Å²) >= 11 is 0. The minimum atomic E-state index is -0.314. The number of anilines is 2. The highest BCUT2D eigenvalue weighted by molar-refractivity contribution is 6.00. The SMILES string of the molecule is COc1ccc(CC(=O)Nc2ccc(C)cc2NC(=O)CN)cc1. The fourth-order valence-electron chi connectivity index (χ4n) is 2.19. The van der Waals surface area contributed by atoms with Crippen molar-refractivity contribution in [3.05, 3.63) is 53.6 Å². The van der Waals surface area contributed by atoms with E-state index in [0.717, 1.165) is 16.9 Å². The number of rotatable bonds is 6. The van der Waals surface area contributed by atoms with Gasteiger partial charge in [0, 0.05) is 0 Å². The third kappa shape index (κ3) is 4.82. The predicted octanol–water partition coefficient (Wildman–Crippen LogP) is 2.08. The van der Waals surface area contributed by atoms with Crippen molar-refractivity contribution in [2.75, 3.05) is 24.3 Å². The van der Waals surface area contributed by atoms with Gasteiger partial charge >= 0.3 is 0 Å². The van der Waals surface area contributed by atoms with Gasteiger partial charge in [0.1, 0.15) is 5.75 Å². The van der Waals surface area contributed by atoms with Crippen LogP contribution in [0, 0.1) is 6.92 Å². The first kappa shape index (κ1) is 17.5. The van der Waals surface area contributed by atoms with Crippen molar-refractivity contribution in [2.24, 2.45) is 5.73 Å². The summed E-state index contributed by atoms with van der Waals surface area (Å²) in [7, 11) is 1.59. The highest BCUT2D eigenvalue weighted by atomic mass is 16.5. The van der Waals surface area contributed by atoms with Gasteiger partial charge in [-0.25, -0.2) is 0 Å². The molecule has 0 saturated heterocycles. The number of methoxy groups -OCH3 is 1. The molecular weight excluding hydrogens is 306 g/mol. The fourth-order valence-corrected chi connectivity index (χ4v) is 2.19. The zero-order chi connectivity index (χ0) is 17.5. The molecule has 0 saturated carbocycles. The van der Waals surface area contributed by atoms with Gasteiger partial charge in [-0.05, 0) is 42.3 Å². The zero-order valence-corrected chi connectivity index (χ0v) is 13.8. The molecule has 0 heterocycles. The Morgan fingerprint density at radius 3 is 2.29 bits per heavy atom. The number of carbonyl (C=O) groups excluding carboxylic acids is 2. The van der Waals surface area contributed by atoms with Crippen LogP contribution in [-0.4, -0.2) is 25.5 Å². The van der Waals surface area contributed by atoms with Crippen molar-refractivity contribution in [1.82, 2.24) is 0 Å². The zero-order valence-electron chi connectivity index (χ0n) is 13.8. The molecule has 0 bridgehead atoms. The number of benzene rings is 2. The second-order valence-electron chi connectivity index (χ2n) is 5.37. The molecule has 126 valence electrons. The van der Waals surface area contributed by atoms with Crippen LogP contribution in [0.2, 0.25) is 0 Å². The van der Waals surface area contributed by atoms with Crippen LogP contribution in [0.5, 0.6) is 5.75 Å². The van der Waals surface area contributed by atoms with Gasteiger partial charge in [-0.2, -0.15) is 0 Å². The lowest BCUT2D eigenvalue weighted by atomic mass is 10.1. The monoisotopic (exact) mass is 327 g/mol.